The number of nitrogens with one attached hydrogen (secondary N) is 1. The van der Waals surface area contributed by atoms with Gasteiger partial charge in [-0.1, -0.05) is 66.1 Å². The molecule has 0 bridgehead atoms. The summed E-state index contributed by atoms with van der Waals surface area (Å²) in [6.45, 7) is 7.35. The van der Waals surface area contributed by atoms with Gasteiger partial charge in [-0.3, -0.25) is 9.59 Å². The van der Waals surface area contributed by atoms with Crippen molar-refractivity contribution in [2.45, 2.75) is 76.9 Å². The van der Waals surface area contributed by atoms with Crippen molar-refractivity contribution in [2.24, 2.45) is 5.92 Å². The molecule has 1 fully saturated rings. The first-order chi connectivity index (χ1) is 17.7. The highest BCUT2D eigenvalue weighted by Crippen LogP contribution is 2.42. The number of rotatable bonds is 13. The minimum absolute atomic E-state index is 0.0297. The van der Waals surface area contributed by atoms with Gasteiger partial charge in [-0.25, -0.2) is 4.79 Å². The van der Waals surface area contributed by atoms with Crippen LogP contribution >= 0.6 is 45.8 Å². The number of amides is 2. The number of hydrogen-bond donors (Lipinski definition) is 3. The maximum absolute atomic E-state index is 13.5. The van der Waals surface area contributed by atoms with Gasteiger partial charge in [0, 0.05) is 27.0 Å². The van der Waals surface area contributed by atoms with Gasteiger partial charge in [-0.05, 0) is 47.1 Å². The number of methoxy groups -OCH3 is 1. The van der Waals surface area contributed by atoms with Crippen LogP contribution in [0.25, 0.3) is 0 Å². The summed E-state index contributed by atoms with van der Waals surface area (Å²) in [5.41, 5.74) is 0.314. The van der Waals surface area contributed by atoms with Crippen LogP contribution in [0.2, 0.25) is 10.0 Å². The molecule has 2 rings (SSSR count). The van der Waals surface area contributed by atoms with Gasteiger partial charge in [0.05, 0.1) is 22.3 Å². The summed E-state index contributed by atoms with van der Waals surface area (Å²) >= 11 is 14.1. The Balaban J connectivity index is 2.21. The number of aliphatic carboxylic acids is 1. The predicted molar refractivity (Wildman–Crippen MR) is 154 cm³/mol. The van der Waals surface area contributed by atoms with E-state index in [4.69, 9.17) is 32.7 Å². The number of halogens is 3. The van der Waals surface area contributed by atoms with Gasteiger partial charge >= 0.3 is 5.97 Å². The number of epoxide rings is 1. The van der Waals surface area contributed by atoms with Crippen molar-refractivity contribution in [3.05, 3.63) is 37.4 Å². The van der Waals surface area contributed by atoms with Crippen molar-refractivity contribution in [3.63, 3.8) is 0 Å². The van der Waals surface area contributed by atoms with Gasteiger partial charge in [0.15, 0.2) is 11.4 Å². The number of hydrogen-bond acceptors (Lipinski definition) is 6. The van der Waals surface area contributed by atoms with Crippen LogP contribution in [-0.4, -0.2) is 76.9 Å². The second-order valence-corrected chi connectivity index (χ2v) is 11.2. The highest BCUT2D eigenvalue weighted by molar-refractivity contribution is 14.1. The number of likely N-dealkylation sites (N-methyl/N-ethyl adjacent to an activating group) is 1. The quantitative estimate of drug-likeness (QED) is 0.205. The van der Waals surface area contributed by atoms with Crippen molar-refractivity contribution in [1.82, 2.24) is 10.2 Å². The third-order valence-electron chi connectivity index (χ3n) is 7.08. The topological polar surface area (TPSA) is 129 Å². The van der Waals surface area contributed by atoms with E-state index in [2.05, 4.69) is 27.9 Å². The zero-order valence-corrected chi connectivity index (χ0v) is 25.9. The number of carboxylic acids is 1. The summed E-state index contributed by atoms with van der Waals surface area (Å²) in [4.78, 5) is 40.3. The second-order valence-electron chi connectivity index (χ2n) is 9.78. The molecule has 38 heavy (non-hydrogen) atoms. The summed E-state index contributed by atoms with van der Waals surface area (Å²) < 4.78 is 13.3. The molecule has 0 unspecified atom stereocenters. The summed E-state index contributed by atoms with van der Waals surface area (Å²) in [5.74, 6) is -2.81. The van der Waals surface area contributed by atoms with E-state index in [0.717, 1.165) is 5.57 Å². The molecule has 0 spiro atoms. The van der Waals surface area contributed by atoms with Crippen LogP contribution in [0.4, 0.5) is 0 Å². The number of phenols is 1. The van der Waals surface area contributed by atoms with Crippen LogP contribution in [-0.2, 0) is 30.3 Å². The van der Waals surface area contributed by atoms with Crippen molar-refractivity contribution in [3.8, 4) is 5.75 Å². The molecule has 212 valence electrons. The summed E-state index contributed by atoms with van der Waals surface area (Å²) in [5, 5.41) is 22.1. The maximum Gasteiger partial charge on any atom is 0.326 e. The molecule has 3 N–H and O–H groups in total. The molecule has 1 heterocycles. The van der Waals surface area contributed by atoms with E-state index in [1.54, 1.807) is 14.0 Å². The van der Waals surface area contributed by atoms with Crippen molar-refractivity contribution in [2.75, 3.05) is 14.2 Å². The summed E-state index contributed by atoms with van der Waals surface area (Å²) in [6, 6.07) is 0.526. The molecule has 1 aromatic carbocycles. The average molecular weight is 685 g/mol. The molecule has 0 radical (unpaired) electrons. The van der Waals surface area contributed by atoms with Crippen LogP contribution in [0.15, 0.2) is 21.8 Å². The maximum atomic E-state index is 13.5. The zero-order valence-electron chi connectivity index (χ0n) is 22.3. The largest absolute Gasteiger partial charge is 0.505 e. The van der Waals surface area contributed by atoms with Gasteiger partial charge in [0.2, 0.25) is 5.91 Å². The zero-order chi connectivity index (χ0) is 28.9. The molecule has 2 amide bonds. The second kappa shape index (κ2) is 13.6. The molecule has 6 atom stereocenters. The molecule has 0 aromatic heterocycles. The van der Waals surface area contributed by atoms with Gasteiger partial charge in [0.1, 0.15) is 12.1 Å². The number of nitrogens with zero attached hydrogens (tertiary/aromatic N) is 1. The van der Waals surface area contributed by atoms with Crippen LogP contribution in [0.5, 0.6) is 5.75 Å². The Labute approximate surface area is 247 Å². The lowest BCUT2D eigenvalue weighted by atomic mass is 9.93. The Hall–Kier alpha value is -1.60. The van der Waals surface area contributed by atoms with E-state index in [1.165, 1.54) is 24.1 Å². The Morgan fingerprint density at radius 2 is 1.89 bits per heavy atom. The van der Waals surface area contributed by atoms with Crippen LogP contribution < -0.4 is 5.32 Å². The number of ether oxygens (including phenoxy) is 2. The SMILES string of the molecule is CC[C@H](C)[C@@H](C(=O)N[C@H](Cc1cc(Cl)c(O)c(Cl)c1)C(=O)O)N(C)C(=O)[C@]1(C)O[C@H]1C[C@@H](OC)/C(C)=C/I. The lowest BCUT2D eigenvalue weighted by Crippen LogP contribution is -2.57. The first kappa shape index (κ1) is 32.6. The normalized spacial score (nSPS) is 22.2. The molecule has 0 saturated carbocycles. The molecule has 1 aliphatic heterocycles. The lowest BCUT2D eigenvalue weighted by molar-refractivity contribution is -0.147. The minimum Gasteiger partial charge on any atom is -0.505 e. The Morgan fingerprint density at radius 1 is 1.32 bits per heavy atom. The fourth-order valence-electron chi connectivity index (χ4n) is 4.40. The average Bonchev–Trinajstić information content (AvgIpc) is 3.54. The van der Waals surface area contributed by atoms with E-state index < -0.39 is 29.6 Å². The van der Waals surface area contributed by atoms with Crippen molar-refractivity contribution >= 4 is 63.6 Å². The Kier molecular flexibility index (Phi) is 11.7. The van der Waals surface area contributed by atoms with E-state index in [-0.39, 0.29) is 46.2 Å². The van der Waals surface area contributed by atoms with Gasteiger partial charge < -0.3 is 29.9 Å². The molecule has 0 aliphatic carbocycles. The van der Waals surface area contributed by atoms with Gasteiger partial charge in [0.25, 0.3) is 5.91 Å². The Bertz CT molecular complexity index is 1060. The summed E-state index contributed by atoms with van der Waals surface area (Å²) in [6.07, 6.45) is 0.338. The Morgan fingerprint density at radius 3 is 2.37 bits per heavy atom. The van der Waals surface area contributed by atoms with Crippen molar-refractivity contribution < 1.29 is 34.1 Å². The van der Waals surface area contributed by atoms with E-state index in [1.807, 2.05) is 24.9 Å². The number of carboxylic acid groups (broad SMARTS) is 1. The number of aromatic hydroxyl groups is 1. The third-order valence-corrected chi connectivity index (χ3v) is 8.64. The number of carbonyl (C=O) groups is 3. The standard InChI is InChI=1S/C26H35Cl2IN2O7/c1-7-13(2)21(31(5)25(36)26(4)20(38-26)11-19(37-6)14(3)12-29)23(33)30-18(24(34)35)10-15-8-16(27)22(32)17(28)9-15/h8-9,12-13,18-21,32H,7,10-11H2,1-6H3,(H,30,33)(H,34,35)/b14-12+/t13-,18+,19+,20-,21-,26+/m0/s1. The first-order valence-corrected chi connectivity index (χ1v) is 14.2. The first-order valence-electron chi connectivity index (χ1n) is 12.2. The van der Waals surface area contributed by atoms with E-state index in [0.29, 0.717) is 18.4 Å². The lowest BCUT2D eigenvalue weighted by Gasteiger charge is -2.33. The molecule has 1 aliphatic rings. The highest BCUT2D eigenvalue weighted by Gasteiger charge is 2.61. The molecule has 9 nitrogen and oxygen atoms in total. The van der Waals surface area contributed by atoms with Crippen LogP contribution in [0, 0.1) is 5.92 Å². The number of phenolic OH excluding ortho intramolecular Hbond substituents is 1. The number of carbonyl (C=O) groups excluding carboxylic acids is 2. The van der Waals surface area contributed by atoms with Crippen molar-refractivity contribution in [1.29, 1.82) is 0 Å². The summed E-state index contributed by atoms with van der Waals surface area (Å²) in [7, 11) is 3.13. The molecule has 12 heteroatoms. The van der Waals surface area contributed by atoms with Gasteiger partial charge in [-0.2, -0.15) is 0 Å². The molecule has 1 saturated heterocycles. The smallest absolute Gasteiger partial charge is 0.326 e. The minimum atomic E-state index is -1.32. The van der Waals surface area contributed by atoms with Crippen LogP contribution in [0.1, 0.15) is 46.1 Å². The van der Waals surface area contributed by atoms with E-state index in [9.17, 15) is 24.6 Å². The molecule has 1 aromatic rings. The monoisotopic (exact) mass is 684 g/mol. The predicted octanol–water partition coefficient (Wildman–Crippen LogP) is 4.59. The highest BCUT2D eigenvalue weighted by atomic mass is 127. The number of benzene rings is 1. The van der Waals surface area contributed by atoms with Crippen LogP contribution in [0.3, 0.4) is 0 Å². The fourth-order valence-corrected chi connectivity index (χ4v) is 5.33. The molecular formula is C26H35Cl2IN2O7. The third kappa shape index (κ3) is 7.53. The van der Waals surface area contributed by atoms with Gasteiger partial charge in [-0.15, -0.1) is 0 Å². The fraction of sp³-hybridized carbons (Fsp3) is 0.577. The van der Waals surface area contributed by atoms with E-state index >= 15 is 0 Å². The molecular weight excluding hydrogens is 650 g/mol.